The van der Waals surface area contributed by atoms with E-state index < -0.39 is 22.6 Å². The van der Waals surface area contributed by atoms with Gasteiger partial charge in [0.05, 0.1) is 5.60 Å². The molecule has 2 aromatic carbocycles. The number of hydrogen-bond acceptors (Lipinski definition) is 4. The van der Waals surface area contributed by atoms with E-state index in [2.05, 4.69) is 64.9 Å². The summed E-state index contributed by atoms with van der Waals surface area (Å²) in [7, 11) is 0. The lowest BCUT2D eigenvalue weighted by Gasteiger charge is -2.65. The molecule has 1 spiro atoms. The van der Waals surface area contributed by atoms with Gasteiger partial charge in [0, 0.05) is 11.5 Å². The van der Waals surface area contributed by atoms with Crippen molar-refractivity contribution in [1.29, 1.82) is 0 Å². The van der Waals surface area contributed by atoms with E-state index in [0.29, 0.717) is 19.3 Å². The van der Waals surface area contributed by atoms with Crippen LogP contribution in [0.2, 0.25) is 0 Å². The normalized spacial score (nSPS) is 34.4. The summed E-state index contributed by atoms with van der Waals surface area (Å²) in [5.74, 6) is -0.240. The van der Waals surface area contributed by atoms with Crippen LogP contribution in [0.3, 0.4) is 0 Å². The molecule has 2 saturated heterocycles. The second-order valence-electron chi connectivity index (χ2n) is 10.9. The molecule has 34 heavy (non-hydrogen) atoms. The van der Waals surface area contributed by atoms with Crippen LogP contribution in [0, 0.1) is 6.92 Å². The van der Waals surface area contributed by atoms with Crippen molar-refractivity contribution in [3.63, 3.8) is 0 Å². The van der Waals surface area contributed by atoms with Crippen LogP contribution in [0.15, 0.2) is 48.5 Å². The van der Waals surface area contributed by atoms with Crippen LogP contribution >= 0.6 is 0 Å². The second kappa shape index (κ2) is 7.65. The SMILES string of the molecule is Cc1ccc2c(c1)[C@]13CCN(CCCc4ccccc4)[C@H](C2)[C@]1(O)CC[C@@]1(C3)NC(=O)NC1=O. The molecule has 0 aromatic heterocycles. The van der Waals surface area contributed by atoms with Crippen LogP contribution in [-0.4, -0.2) is 52.2 Å². The van der Waals surface area contributed by atoms with E-state index in [9.17, 15) is 14.7 Å². The lowest BCUT2D eigenvalue weighted by Crippen LogP contribution is -2.76. The van der Waals surface area contributed by atoms with Gasteiger partial charge in [-0.3, -0.25) is 15.0 Å². The third kappa shape index (κ3) is 3.08. The second-order valence-corrected chi connectivity index (χ2v) is 10.9. The van der Waals surface area contributed by atoms with Gasteiger partial charge >= 0.3 is 6.03 Å². The smallest absolute Gasteiger partial charge is 0.322 e. The van der Waals surface area contributed by atoms with Crippen LogP contribution in [-0.2, 0) is 23.1 Å². The number of nitrogens with one attached hydrogen (secondary N) is 2. The Labute approximate surface area is 200 Å². The molecule has 2 bridgehead atoms. The fourth-order valence-electron chi connectivity index (χ4n) is 7.49. The zero-order valence-corrected chi connectivity index (χ0v) is 19.8. The van der Waals surface area contributed by atoms with E-state index in [4.69, 9.17) is 0 Å². The maximum absolute atomic E-state index is 12.9. The van der Waals surface area contributed by atoms with Crippen molar-refractivity contribution in [1.82, 2.24) is 15.5 Å². The van der Waals surface area contributed by atoms with Gasteiger partial charge in [0.15, 0.2) is 0 Å². The summed E-state index contributed by atoms with van der Waals surface area (Å²) in [4.78, 5) is 27.5. The number of hydrogen-bond donors (Lipinski definition) is 3. The number of fused-ring (bicyclic) bond motifs is 1. The zero-order chi connectivity index (χ0) is 23.6. The van der Waals surface area contributed by atoms with Gasteiger partial charge in [0.1, 0.15) is 5.54 Å². The number of likely N-dealkylation sites (tertiary alicyclic amines) is 1. The van der Waals surface area contributed by atoms with Crippen LogP contribution in [0.5, 0.6) is 0 Å². The average Bonchev–Trinajstić information content (AvgIpc) is 3.09. The Hall–Kier alpha value is -2.70. The molecule has 6 heteroatoms. The molecule has 2 aromatic rings. The lowest BCUT2D eigenvalue weighted by atomic mass is 9.46. The Balaban J connectivity index is 1.35. The van der Waals surface area contributed by atoms with Gasteiger partial charge < -0.3 is 10.4 Å². The number of aryl methyl sites for hydroxylation is 2. The van der Waals surface area contributed by atoms with Crippen molar-refractivity contribution >= 4 is 11.9 Å². The highest BCUT2D eigenvalue weighted by Gasteiger charge is 2.69. The van der Waals surface area contributed by atoms with Crippen LogP contribution < -0.4 is 10.6 Å². The summed E-state index contributed by atoms with van der Waals surface area (Å²) in [5.41, 5.74) is 2.58. The van der Waals surface area contributed by atoms with Crippen LogP contribution in [0.4, 0.5) is 4.79 Å². The number of benzene rings is 2. The van der Waals surface area contributed by atoms with Crippen LogP contribution in [0.25, 0.3) is 0 Å². The Morgan fingerprint density at radius 1 is 1.09 bits per heavy atom. The average molecular weight is 460 g/mol. The van der Waals surface area contributed by atoms with Gasteiger partial charge in [-0.2, -0.15) is 0 Å². The minimum Gasteiger partial charge on any atom is -0.387 e. The third-order valence-corrected chi connectivity index (χ3v) is 9.15. The number of carbonyl (C=O) groups excluding carboxylic acids is 2. The summed E-state index contributed by atoms with van der Waals surface area (Å²) in [6.07, 6.45) is 5.12. The first-order chi connectivity index (χ1) is 16.4. The molecule has 3 fully saturated rings. The van der Waals surface area contributed by atoms with Gasteiger partial charge in [-0.25, -0.2) is 4.79 Å². The number of carbonyl (C=O) groups is 2. The van der Waals surface area contributed by atoms with Gasteiger partial charge in [0.2, 0.25) is 0 Å². The predicted molar refractivity (Wildman–Crippen MR) is 130 cm³/mol. The molecule has 3 N–H and O–H groups in total. The fourth-order valence-corrected chi connectivity index (χ4v) is 7.49. The summed E-state index contributed by atoms with van der Waals surface area (Å²) < 4.78 is 0. The molecule has 3 amide bonds. The van der Waals surface area contributed by atoms with Crippen LogP contribution in [0.1, 0.15) is 54.4 Å². The van der Waals surface area contributed by atoms with Gasteiger partial charge in [-0.15, -0.1) is 0 Å². The van der Waals surface area contributed by atoms with Crippen molar-refractivity contribution in [3.8, 4) is 0 Å². The van der Waals surface area contributed by atoms with E-state index in [-0.39, 0.29) is 11.9 Å². The summed E-state index contributed by atoms with van der Waals surface area (Å²) in [6, 6.07) is 16.8. The fraction of sp³-hybridized carbons (Fsp3) is 0.500. The number of imide groups is 1. The van der Waals surface area contributed by atoms with E-state index in [1.54, 1.807) is 0 Å². The quantitative estimate of drug-likeness (QED) is 0.614. The number of nitrogens with zero attached hydrogens (tertiary/aromatic N) is 1. The first-order valence-electron chi connectivity index (χ1n) is 12.6. The monoisotopic (exact) mass is 459 g/mol. The van der Waals surface area contributed by atoms with E-state index >= 15 is 0 Å². The minimum atomic E-state index is -0.929. The first-order valence-corrected chi connectivity index (χ1v) is 12.6. The number of urea groups is 1. The number of piperidine rings is 1. The number of aliphatic hydroxyl groups is 1. The van der Waals surface area contributed by atoms with E-state index in [0.717, 1.165) is 38.8 Å². The lowest BCUT2D eigenvalue weighted by molar-refractivity contribution is -0.180. The van der Waals surface area contributed by atoms with Crippen molar-refractivity contribution in [3.05, 3.63) is 70.8 Å². The first kappa shape index (κ1) is 21.8. The molecule has 6 nitrogen and oxygen atoms in total. The molecule has 6 rings (SSSR count). The van der Waals surface area contributed by atoms with Gasteiger partial charge in [-0.05, 0) is 81.6 Å². The molecule has 0 radical (unpaired) electrons. The topological polar surface area (TPSA) is 81.7 Å². The predicted octanol–water partition coefficient (Wildman–Crippen LogP) is 2.99. The molecule has 2 heterocycles. The zero-order valence-electron chi connectivity index (χ0n) is 19.8. The number of rotatable bonds is 4. The van der Waals surface area contributed by atoms with Crippen molar-refractivity contribution in [2.45, 2.75) is 74.5 Å². The molecular weight excluding hydrogens is 426 g/mol. The molecule has 0 unspecified atom stereocenters. The van der Waals surface area contributed by atoms with Crippen molar-refractivity contribution < 1.29 is 14.7 Å². The Kier molecular flexibility index (Phi) is 4.91. The Morgan fingerprint density at radius 3 is 2.68 bits per heavy atom. The highest BCUT2D eigenvalue weighted by Crippen LogP contribution is 2.60. The van der Waals surface area contributed by atoms with Gasteiger partial charge in [0.25, 0.3) is 5.91 Å². The van der Waals surface area contributed by atoms with Crippen molar-refractivity contribution in [2.24, 2.45) is 0 Å². The van der Waals surface area contributed by atoms with Gasteiger partial charge in [-0.1, -0.05) is 54.1 Å². The van der Waals surface area contributed by atoms with E-state index in [1.165, 1.54) is 22.3 Å². The largest absolute Gasteiger partial charge is 0.387 e. The molecule has 178 valence electrons. The highest BCUT2D eigenvalue weighted by atomic mass is 16.3. The summed E-state index contributed by atoms with van der Waals surface area (Å²) in [6.45, 7) is 3.92. The molecule has 4 atom stereocenters. The molecular formula is C28H33N3O3. The third-order valence-electron chi connectivity index (χ3n) is 9.15. The maximum atomic E-state index is 12.9. The summed E-state index contributed by atoms with van der Waals surface area (Å²) in [5, 5.41) is 17.9. The minimum absolute atomic E-state index is 0.0183. The Bertz CT molecular complexity index is 1150. The Morgan fingerprint density at radius 2 is 1.91 bits per heavy atom. The molecule has 4 aliphatic rings. The maximum Gasteiger partial charge on any atom is 0.322 e. The molecule has 2 aliphatic heterocycles. The molecule has 1 saturated carbocycles. The highest BCUT2D eigenvalue weighted by molar-refractivity contribution is 6.07. The molecule has 2 aliphatic carbocycles. The van der Waals surface area contributed by atoms with E-state index in [1.807, 2.05) is 6.07 Å². The standard InChI is InChI=1S/C28H33N3O3/c1-19-9-10-21-17-23-28(34)12-11-27(24(32)29-25(33)30-27)18-26(28,22(21)16-19)13-15-31(23)14-5-8-20-6-3-2-4-7-20/h2-4,6-7,9-10,16,23,34H,5,8,11-15,17-18H2,1H3,(H2,29,30,32,33)/t23-,26-,27+,28-/m1/s1. The number of amides is 3. The summed E-state index contributed by atoms with van der Waals surface area (Å²) >= 11 is 0. The van der Waals surface area contributed by atoms with Crippen molar-refractivity contribution in [2.75, 3.05) is 13.1 Å².